The summed E-state index contributed by atoms with van der Waals surface area (Å²) in [5.74, 6) is 1.07. The molecule has 5 nitrogen and oxygen atoms in total. The Morgan fingerprint density at radius 1 is 1.27 bits per heavy atom. The van der Waals surface area contributed by atoms with Crippen LogP contribution < -0.4 is 10.2 Å². The van der Waals surface area contributed by atoms with Crippen molar-refractivity contribution in [2.45, 2.75) is 38.8 Å². The molecule has 22 heavy (non-hydrogen) atoms. The van der Waals surface area contributed by atoms with Gasteiger partial charge in [0.05, 0.1) is 0 Å². The van der Waals surface area contributed by atoms with Gasteiger partial charge in [-0.25, -0.2) is 9.97 Å². The number of hydrogen-bond acceptors (Lipinski definition) is 5. The first-order valence-corrected chi connectivity index (χ1v) is 8.03. The highest BCUT2D eigenvalue weighted by Crippen LogP contribution is 2.18. The molecule has 1 saturated heterocycles. The summed E-state index contributed by atoms with van der Waals surface area (Å²) in [7, 11) is 0. The zero-order chi connectivity index (χ0) is 15.2. The smallest absolute Gasteiger partial charge is 0.132 e. The second kappa shape index (κ2) is 7.31. The zero-order valence-corrected chi connectivity index (χ0v) is 13.1. The number of aryl methyl sites for hydroxylation is 1. The Labute approximate surface area is 131 Å². The van der Waals surface area contributed by atoms with Gasteiger partial charge in [-0.3, -0.25) is 4.98 Å². The minimum atomic E-state index is 0.573. The van der Waals surface area contributed by atoms with Crippen molar-refractivity contribution in [2.75, 3.05) is 18.0 Å². The Morgan fingerprint density at radius 3 is 2.86 bits per heavy atom. The van der Waals surface area contributed by atoms with E-state index in [1.54, 1.807) is 6.33 Å². The molecular formula is C17H23N5. The minimum Gasteiger partial charge on any atom is -0.356 e. The molecule has 0 unspecified atom stereocenters. The van der Waals surface area contributed by atoms with Crippen LogP contribution in [-0.4, -0.2) is 34.1 Å². The molecule has 0 amide bonds. The van der Waals surface area contributed by atoms with Gasteiger partial charge in [0.15, 0.2) is 0 Å². The molecule has 1 N–H and O–H groups in total. The third kappa shape index (κ3) is 3.80. The summed E-state index contributed by atoms with van der Waals surface area (Å²) in [5, 5.41) is 3.63. The second-order valence-corrected chi connectivity index (χ2v) is 5.72. The minimum absolute atomic E-state index is 0.573. The van der Waals surface area contributed by atoms with E-state index in [0.29, 0.717) is 6.04 Å². The van der Waals surface area contributed by atoms with E-state index in [2.05, 4.69) is 44.2 Å². The van der Waals surface area contributed by atoms with Crippen LogP contribution in [-0.2, 0) is 13.0 Å². The molecule has 0 radical (unpaired) electrons. The van der Waals surface area contributed by atoms with Crippen LogP contribution >= 0.6 is 0 Å². The van der Waals surface area contributed by atoms with Crippen molar-refractivity contribution >= 4 is 5.82 Å². The molecule has 3 rings (SSSR count). The van der Waals surface area contributed by atoms with E-state index in [1.165, 1.54) is 5.56 Å². The summed E-state index contributed by atoms with van der Waals surface area (Å²) in [6.45, 7) is 5.11. The summed E-state index contributed by atoms with van der Waals surface area (Å²) in [5.41, 5.74) is 2.36. The molecule has 116 valence electrons. The molecule has 0 bridgehead atoms. The molecule has 0 spiro atoms. The third-order valence-corrected chi connectivity index (χ3v) is 4.21. The lowest BCUT2D eigenvalue weighted by Gasteiger charge is -2.33. The van der Waals surface area contributed by atoms with Crippen LogP contribution in [0.2, 0.25) is 0 Å². The van der Waals surface area contributed by atoms with Gasteiger partial charge in [-0.1, -0.05) is 13.0 Å². The highest BCUT2D eigenvalue weighted by molar-refractivity contribution is 5.39. The molecule has 1 aliphatic rings. The van der Waals surface area contributed by atoms with Gasteiger partial charge in [-0.05, 0) is 30.9 Å². The molecule has 5 heteroatoms. The van der Waals surface area contributed by atoms with Crippen molar-refractivity contribution in [1.82, 2.24) is 20.3 Å². The number of pyridine rings is 1. The van der Waals surface area contributed by atoms with Gasteiger partial charge in [-0.15, -0.1) is 0 Å². The molecule has 0 atom stereocenters. The lowest BCUT2D eigenvalue weighted by Crippen LogP contribution is -2.42. The SMILES string of the molecule is CCc1cc(N2CCC(NCc3cccnc3)CC2)ncn1. The number of aromatic nitrogens is 3. The van der Waals surface area contributed by atoms with E-state index >= 15 is 0 Å². The number of hydrogen-bond donors (Lipinski definition) is 1. The van der Waals surface area contributed by atoms with E-state index in [4.69, 9.17) is 0 Å². The highest BCUT2D eigenvalue weighted by Gasteiger charge is 2.19. The lowest BCUT2D eigenvalue weighted by molar-refractivity contribution is 0.412. The maximum Gasteiger partial charge on any atom is 0.132 e. The van der Waals surface area contributed by atoms with Gasteiger partial charge in [0.2, 0.25) is 0 Å². The summed E-state index contributed by atoms with van der Waals surface area (Å²) in [6, 6.07) is 6.79. The first kappa shape index (κ1) is 14.9. The largest absolute Gasteiger partial charge is 0.356 e. The molecule has 3 heterocycles. The normalized spacial score (nSPS) is 16.0. The van der Waals surface area contributed by atoms with Gasteiger partial charge in [0.25, 0.3) is 0 Å². The average molecular weight is 297 g/mol. The second-order valence-electron chi connectivity index (χ2n) is 5.72. The van der Waals surface area contributed by atoms with Crippen LogP contribution in [0.4, 0.5) is 5.82 Å². The fourth-order valence-electron chi connectivity index (χ4n) is 2.83. The Balaban J connectivity index is 1.49. The number of piperidine rings is 1. The van der Waals surface area contributed by atoms with Crippen LogP contribution in [0.25, 0.3) is 0 Å². The van der Waals surface area contributed by atoms with Gasteiger partial charge in [0, 0.05) is 49.8 Å². The predicted molar refractivity (Wildman–Crippen MR) is 87.7 cm³/mol. The Morgan fingerprint density at radius 2 is 2.14 bits per heavy atom. The summed E-state index contributed by atoms with van der Waals surface area (Å²) >= 11 is 0. The van der Waals surface area contributed by atoms with Crippen molar-refractivity contribution in [1.29, 1.82) is 0 Å². The van der Waals surface area contributed by atoms with Gasteiger partial charge in [-0.2, -0.15) is 0 Å². The predicted octanol–water partition coefficient (Wildman–Crippen LogP) is 2.19. The first-order chi connectivity index (χ1) is 10.8. The molecular weight excluding hydrogens is 274 g/mol. The Kier molecular flexibility index (Phi) is 4.96. The van der Waals surface area contributed by atoms with Crippen LogP contribution in [0.1, 0.15) is 31.0 Å². The standard InChI is InChI=1S/C17H23N5/c1-2-15-10-17(21-13-20-15)22-8-5-16(6-9-22)19-12-14-4-3-7-18-11-14/h3-4,7,10-11,13,16,19H,2,5-6,8-9,12H2,1H3. The van der Waals surface area contributed by atoms with Gasteiger partial charge < -0.3 is 10.2 Å². The fourth-order valence-corrected chi connectivity index (χ4v) is 2.83. The van der Waals surface area contributed by atoms with Gasteiger partial charge in [0.1, 0.15) is 12.1 Å². The number of nitrogens with one attached hydrogen (secondary N) is 1. The van der Waals surface area contributed by atoms with E-state index < -0.39 is 0 Å². The Bertz CT molecular complexity index is 579. The average Bonchev–Trinajstić information content (AvgIpc) is 2.61. The number of rotatable bonds is 5. The van der Waals surface area contributed by atoms with Crippen LogP contribution in [0.5, 0.6) is 0 Å². The van der Waals surface area contributed by atoms with Crippen molar-refractivity contribution in [2.24, 2.45) is 0 Å². The highest BCUT2D eigenvalue weighted by atomic mass is 15.2. The molecule has 1 aliphatic heterocycles. The van der Waals surface area contributed by atoms with E-state index in [0.717, 1.165) is 50.4 Å². The molecule has 0 aromatic carbocycles. The van der Waals surface area contributed by atoms with Crippen molar-refractivity contribution < 1.29 is 0 Å². The van der Waals surface area contributed by atoms with Crippen molar-refractivity contribution in [3.63, 3.8) is 0 Å². The number of nitrogens with zero attached hydrogens (tertiary/aromatic N) is 4. The van der Waals surface area contributed by atoms with Gasteiger partial charge >= 0.3 is 0 Å². The van der Waals surface area contributed by atoms with Crippen molar-refractivity contribution in [3.05, 3.63) is 48.2 Å². The number of anilines is 1. The monoisotopic (exact) mass is 297 g/mol. The summed E-state index contributed by atoms with van der Waals surface area (Å²) < 4.78 is 0. The van der Waals surface area contributed by atoms with E-state index in [-0.39, 0.29) is 0 Å². The van der Waals surface area contributed by atoms with Crippen LogP contribution in [0.15, 0.2) is 36.9 Å². The lowest BCUT2D eigenvalue weighted by atomic mass is 10.0. The van der Waals surface area contributed by atoms with E-state index in [9.17, 15) is 0 Å². The summed E-state index contributed by atoms with van der Waals surface area (Å²) in [6.07, 6.45) is 8.67. The fraction of sp³-hybridized carbons (Fsp3) is 0.471. The zero-order valence-electron chi connectivity index (χ0n) is 13.1. The molecule has 0 aliphatic carbocycles. The van der Waals surface area contributed by atoms with Crippen LogP contribution in [0, 0.1) is 0 Å². The molecule has 2 aromatic heterocycles. The first-order valence-electron chi connectivity index (χ1n) is 8.03. The Hall–Kier alpha value is -2.01. The maximum absolute atomic E-state index is 4.42. The summed E-state index contributed by atoms with van der Waals surface area (Å²) in [4.78, 5) is 15.2. The third-order valence-electron chi connectivity index (χ3n) is 4.21. The molecule has 0 saturated carbocycles. The van der Waals surface area contributed by atoms with Crippen molar-refractivity contribution in [3.8, 4) is 0 Å². The molecule has 1 fully saturated rings. The van der Waals surface area contributed by atoms with Crippen LogP contribution in [0.3, 0.4) is 0 Å². The molecule has 2 aromatic rings. The maximum atomic E-state index is 4.42. The quantitative estimate of drug-likeness (QED) is 0.917. The van der Waals surface area contributed by atoms with E-state index in [1.807, 2.05) is 18.5 Å². The topological polar surface area (TPSA) is 53.9 Å².